The molecule has 0 saturated heterocycles. The Morgan fingerprint density at radius 3 is 2.40 bits per heavy atom. The number of alkyl halides is 5. The fraction of sp³-hybridized carbons (Fsp3) is 0.565. The Bertz CT molecular complexity index is 961. The minimum absolute atomic E-state index is 0.0315. The van der Waals surface area contributed by atoms with E-state index in [-0.39, 0.29) is 18.8 Å². The zero-order chi connectivity index (χ0) is 25.6. The number of carbonyl (C=O) groups is 1. The van der Waals surface area contributed by atoms with Crippen LogP contribution in [0.25, 0.3) is 0 Å². The van der Waals surface area contributed by atoms with Crippen LogP contribution in [-0.2, 0) is 10.9 Å². The first-order valence-electron chi connectivity index (χ1n) is 11.3. The number of hydrogen-bond donors (Lipinski definition) is 2. The minimum atomic E-state index is -4.57. The number of primary amides is 1. The van der Waals surface area contributed by atoms with Gasteiger partial charge < -0.3 is 20.5 Å². The Labute approximate surface area is 199 Å². The maximum atomic E-state index is 13.2. The first-order valence-corrected chi connectivity index (χ1v) is 11.3. The lowest BCUT2D eigenvalue weighted by Gasteiger charge is -2.35. The lowest BCUT2D eigenvalue weighted by atomic mass is 9.87. The van der Waals surface area contributed by atoms with Gasteiger partial charge in [0.15, 0.2) is 5.69 Å². The van der Waals surface area contributed by atoms with Gasteiger partial charge in [-0.15, -0.1) is 0 Å². The van der Waals surface area contributed by atoms with Crippen LogP contribution in [0, 0.1) is 5.92 Å². The Hall–Kier alpha value is -3.05. The molecule has 194 valence electrons. The topological polar surface area (TPSA) is 91.4 Å². The second-order valence-corrected chi connectivity index (χ2v) is 9.12. The number of halogens is 5. The van der Waals surface area contributed by atoms with Crippen molar-refractivity contribution in [1.82, 2.24) is 9.78 Å². The van der Waals surface area contributed by atoms with E-state index in [9.17, 15) is 26.7 Å². The monoisotopic (exact) mass is 504 g/mol. The number of hydrogen-bond acceptors (Lipinski definition) is 5. The molecule has 1 aromatic heterocycles. The van der Waals surface area contributed by atoms with Gasteiger partial charge in [-0.3, -0.25) is 4.68 Å². The highest BCUT2D eigenvalue weighted by molar-refractivity contribution is 5.64. The molecule has 3 N–H and O–H groups in total. The SMILES string of the molecule is CC(COC(N)=O)(CC(CC1CCCC1)n1ccc(C(F)(F)F)n1)Nc1ccc(OC(F)F)cc1. The molecule has 0 radical (unpaired) electrons. The number of rotatable bonds is 11. The minimum Gasteiger partial charge on any atom is -0.447 e. The van der Waals surface area contributed by atoms with Crippen LogP contribution in [0.1, 0.15) is 57.2 Å². The van der Waals surface area contributed by atoms with Crippen LogP contribution in [-0.4, -0.2) is 34.6 Å². The van der Waals surface area contributed by atoms with Gasteiger partial charge in [0.05, 0.1) is 11.6 Å². The number of benzene rings is 1. The predicted octanol–water partition coefficient (Wildman–Crippen LogP) is 5.98. The van der Waals surface area contributed by atoms with Crippen LogP contribution < -0.4 is 15.8 Å². The summed E-state index contributed by atoms with van der Waals surface area (Å²) in [4.78, 5) is 11.3. The van der Waals surface area contributed by atoms with E-state index in [1.54, 1.807) is 6.92 Å². The average molecular weight is 505 g/mol. The molecule has 1 fully saturated rings. The van der Waals surface area contributed by atoms with Crippen LogP contribution in [0.5, 0.6) is 5.75 Å². The first kappa shape index (κ1) is 26.6. The molecule has 1 saturated carbocycles. The predicted molar refractivity (Wildman–Crippen MR) is 118 cm³/mol. The summed E-state index contributed by atoms with van der Waals surface area (Å²) < 4.78 is 75.2. The summed E-state index contributed by atoms with van der Waals surface area (Å²) in [7, 11) is 0. The Kier molecular flexibility index (Phi) is 8.44. The molecule has 1 heterocycles. The van der Waals surface area contributed by atoms with Crippen molar-refractivity contribution in [3.8, 4) is 5.75 Å². The Morgan fingerprint density at radius 1 is 1.20 bits per heavy atom. The second-order valence-electron chi connectivity index (χ2n) is 9.12. The molecule has 1 amide bonds. The fourth-order valence-electron chi connectivity index (χ4n) is 4.57. The van der Waals surface area contributed by atoms with Crippen molar-refractivity contribution in [2.24, 2.45) is 11.7 Å². The van der Waals surface area contributed by atoms with Crippen molar-refractivity contribution in [3.63, 3.8) is 0 Å². The highest BCUT2D eigenvalue weighted by Gasteiger charge is 2.36. The van der Waals surface area contributed by atoms with Crippen LogP contribution in [0.2, 0.25) is 0 Å². The summed E-state index contributed by atoms with van der Waals surface area (Å²) in [6.07, 6.45) is 0.712. The number of carbonyl (C=O) groups excluding carboxylic acids is 1. The van der Waals surface area contributed by atoms with Crippen molar-refractivity contribution in [3.05, 3.63) is 42.2 Å². The molecule has 7 nitrogen and oxygen atoms in total. The summed E-state index contributed by atoms with van der Waals surface area (Å²) in [6.45, 7) is -1.39. The molecule has 1 aliphatic rings. The summed E-state index contributed by atoms with van der Waals surface area (Å²) in [5, 5.41) is 7.01. The van der Waals surface area contributed by atoms with Gasteiger partial charge in [-0.1, -0.05) is 25.7 Å². The summed E-state index contributed by atoms with van der Waals surface area (Å²) in [5.41, 5.74) is 3.73. The molecule has 2 atom stereocenters. The van der Waals surface area contributed by atoms with Crippen molar-refractivity contribution in [1.29, 1.82) is 0 Å². The number of anilines is 1. The van der Waals surface area contributed by atoms with Gasteiger partial charge in [-0.25, -0.2) is 4.79 Å². The lowest BCUT2D eigenvalue weighted by Crippen LogP contribution is -2.43. The smallest absolute Gasteiger partial charge is 0.435 e. The van der Waals surface area contributed by atoms with E-state index in [4.69, 9.17) is 10.5 Å². The van der Waals surface area contributed by atoms with E-state index in [0.717, 1.165) is 31.7 Å². The van der Waals surface area contributed by atoms with Gasteiger partial charge in [0.2, 0.25) is 0 Å². The second kappa shape index (κ2) is 11.1. The quantitative estimate of drug-likeness (QED) is 0.368. The van der Waals surface area contributed by atoms with Crippen LogP contribution in [0.4, 0.5) is 32.4 Å². The molecule has 3 rings (SSSR count). The molecule has 12 heteroatoms. The van der Waals surface area contributed by atoms with E-state index in [1.165, 1.54) is 35.1 Å². The lowest BCUT2D eigenvalue weighted by molar-refractivity contribution is -0.141. The zero-order valence-corrected chi connectivity index (χ0v) is 19.2. The third-order valence-electron chi connectivity index (χ3n) is 6.10. The molecule has 35 heavy (non-hydrogen) atoms. The van der Waals surface area contributed by atoms with E-state index < -0.39 is 36.2 Å². The molecular formula is C23H29F5N4O3. The number of nitrogens with one attached hydrogen (secondary N) is 1. The number of nitrogens with two attached hydrogens (primary N) is 1. The van der Waals surface area contributed by atoms with E-state index in [0.29, 0.717) is 18.0 Å². The van der Waals surface area contributed by atoms with Crippen LogP contribution >= 0.6 is 0 Å². The standard InChI is InChI=1S/C23H29F5N4O3/c1-22(14-34-21(29)33,30-16-6-8-18(9-7-16)35-20(24)25)13-17(12-15-4-2-3-5-15)32-11-10-19(31-32)23(26,27)28/h6-11,15,17,20,30H,2-5,12-14H2,1H3,(H2,29,33). The van der Waals surface area contributed by atoms with Gasteiger partial charge in [0.25, 0.3) is 0 Å². The number of amides is 1. The highest BCUT2D eigenvalue weighted by atomic mass is 19.4. The van der Waals surface area contributed by atoms with Gasteiger partial charge in [0.1, 0.15) is 12.4 Å². The normalized spacial score (nSPS) is 17.2. The molecule has 2 aromatic rings. The van der Waals surface area contributed by atoms with Gasteiger partial charge in [-0.05, 0) is 56.0 Å². The maximum Gasteiger partial charge on any atom is 0.435 e. The molecule has 0 spiro atoms. The largest absolute Gasteiger partial charge is 0.447 e. The van der Waals surface area contributed by atoms with Crippen molar-refractivity contribution in [2.75, 3.05) is 11.9 Å². The van der Waals surface area contributed by atoms with Gasteiger partial charge in [-0.2, -0.15) is 27.1 Å². The average Bonchev–Trinajstić information content (AvgIpc) is 3.45. The molecule has 0 bridgehead atoms. The van der Waals surface area contributed by atoms with E-state index in [1.807, 2.05) is 0 Å². The number of aromatic nitrogens is 2. The molecular weight excluding hydrogens is 475 g/mol. The first-order chi connectivity index (χ1) is 16.4. The van der Waals surface area contributed by atoms with Crippen LogP contribution in [0.15, 0.2) is 36.5 Å². The number of ether oxygens (including phenoxy) is 2. The van der Waals surface area contributed by atoms with Crippen molar-refractivity contribution in [2.45, 2.75) is 69.8 Å². The van der Waals surface area contributed by atoms with Crippen LogP contribution in [0.3, 0.4) is 0 Å². The van der Waals surface area contributed by atoms with Gasteiger partial charge >= 0.3 is 18.9 Å². The molecule has 0 aliphatic heterocycles. The third kappa shape index (κ3) is 8.00. The van der Waals surface area contributed by atoms with E-state index >= 15 is 0 Å². The Balaban J connectivity index is 1.85. The number of nitrogens with zero attached hydrogens (tertiary/aromatic N) is 2. The van der Waals surface area contributed by atoms with Crippen molar-refractivity contribution >= 4 is 11.8 Å². The Morgan fingerprint density at radius 2 is 1.86 bits per heavy atom. The van der Waals surface area contributed by atoms with Gasteiger partial charge in [0, 0.05) is 11.9 Å². The highest BCUT2D eigenvalue weighted by Crippen LogP contribution is 2.37. The zero-order valence-electron chi connectivity index (χ0n) is 19.2. The molecule has 1 aromatic carbocycles. The summed E-state index contributed by atoms with van der Waals surface area (Å²) >= 11 is 0. The molecule has 1 aliphatic carbocycles. The maximum absolute atomic E-state index is 13.2. The van der Waals surface area contributed by atoms with Crippen molar-refractivity contribution < 1.29 is 36.2 Å². The summed E-state index contributed by atoms with van der Waals surface area (Å²) in [6, 6.07) is 6.24. The molecule has 2 unspecified atom stereocenters. The summed E-state index contributed by atoms with van der Waals surface area (Å²) in [5.74, 6) is 0.307. The third-order valence-corrected chi connectivity index (χ3v) is 6.10. The van der Waals surface area contributed by atoms with E-state index in [2.05, 4.69) is 15.2 Å². The fourth-order valence-corrected chi connectivity index (χ4v) is 4.57.